The van der Waals surface area contributed by atoms with Gasteiger partial charge in [0.2, 0.25) is 0 Å². The largest absolute Gasteiger partial charge is 0.278 e. The molecule has 0 atom stereocenters. The third-order valence-corrected chi connectivity index (χ3v) is 2.98. The second-order valence-corrected chi connectivity index (χ2v) is 3.96. The summed E-state index contributed by atoms with van der Waals surface area (Å²) in [4.78, 5) is 0. The highest BCUT2D eigenvalue weighted by Crippen LogP contribution is 2.24. The second kappa shape index (κ2) is 2.96. The summed E-state index contributed by atoms with van der Waals surface area (Å²) in [6.07, 6.45) is 1.85. The summed E-state index contributed by atoms with van der Waals surface area (Å²) < 4.78 is 0. The van der Waals surface area contributed by atoms with Crippen LogP contribution in [-0.4, -0.2) is 10.2 Å². The molecule has 2 heterocycles. The van der Waals surface area contributed by atoms with Crippen LogP contribution in [0.1, 0.15) is 0 Å². The number of aromatic amines is 1. The Morgan fingerprint density at radius 1 is 1.14 bits per heavy atom. The third-order valence-electron chi connectivity index (χ3n) is 2.29. The lowest BCUT2D eigenvalue weighted by atomic mass is 10.1. The van der Waals surface area contributed by atoms with Gasteiger partial charge in [-0.3, -0.25) is 5.10 Å². The van der Waals surface area contributed by atoms with Crippen LogP contribution in [0.15, 0.2) is 41.2 Å². The number of benzene rings is 1. The Hall–Kier alpha value is -1.61. The smallest absolute Gasteiger partial charge is 0.0650 e. The third kappa shape index (κ3) is 1.14. The average Bonchev–Trinajstić information content (AvgIpc) is 2.88. The molecule has 3 heteroatoms. The van der Waals surface area contributed by atoms with Crippen molar-refractivity contribution in [2.75, 3.05) is 0 Å². The summed E-state index contributed by atoms with van der Waals surface area (Å²) in [6.45, 7) is 0. The van der Waals surface area contributed by atoms with E-state index in [0.29, 0.717) is 0 Å². The summed E-state index contributed by atoms with van der Waals surface area (Å²) in [7, 11) is 0. The van der Waals surface area contributed by atoms with E-state index in [1.54, 1.807) is 11.3 Å². The number of aromatic nitrogens is 2. The van der Waals surface area contributed by atoms with Crippen molar-refractivity contribution in [1.29, 1.82) is 0 Å². The lowest BCUT2D eigenvalue weighted by Gasteiger charge is -1.96. The zero-order valence-corrected chi connectivity index (χ0v) is 8.21. The van der Waals surface area contributed by atoms with E-state index in [0.717, 1.165) is 10.9 Å². The van der Waals surface area contributed by atoms with Crippen molar-refractivity contribution >= 4 is 22.2 Å². The summed E-state index contributed by atoms with van der Waals surface area (Å²) >= 11 is 1.72. The van der Waals surface area contributed by atoms with Crippen LogP contribution in [0.5, 0.6) is 0 Å². The zero-order valence-electron chi connectivity index (χ0n) is 7.40. The molecule has 0 saturated heterocycles. The first-order valence-electron chi connectivity index (χ1n) is 4.39. The maximum absolute atomic E-state index is 4.00. The van der Waals surface area contributed by atoms with Crippen molar-refractivity contribution in [2.24, 2.45) is 0 Å². The van der Waals surface area contributed by atoms with Crippen LogP contribution in [0.25, 0.3) is 22.0 Å². The second-order valence-electron chi connectivity index (χ2n) is 3.18. The van der Waals surface area contributed by atoms with E-state index < -0.39 is 0 Å². The molecule has 0 radical (unpaired) electrons. The molecule has 0 fully saturated rings. The van der Waals surface area contributed by atoms with Gasteiger partial charge in [0.05, 0.1) is 11.7 Å². The van der Waals surface area contributed by atoms with Gasteiger partial charge in [0.25, 0.3) is 0 Å². The molecule has 0 amide bonds. The van der Waals surface area contributed by atoms with Gasteiger partial charge < -0.3 is 0 Å². The molecular weight excluding hydrogens is 192 g/mol. The van der Waals surface area contributed by atoms with Gasteiger partial charge in [-0.1, -0.05) is 6.07 Å². The van der Waals surface area contributed by atoms with Crippen LogP contribution in [0, 0.1) is 0 Å². The van der Waals surface area contributed by atoms with Gasteiger partial charge in [-0.25, -0.2) is 0 Å². The van der Waals surface area contributed by atoms with E-state index in [1.807, 2.05) is 6.20 Å². The topological polar surface area (TPSA) is 28.7 Å². The standard InChI is InChI=1S/C11H8N2S/c1-2-11-10(6-12-13-11)5-8(1)9-3-4-14-7-9/h1-7H,(H,12,13). The fourth-order valence-electron chi connectivity index (χ4n) is 1.55. The van der Waals surface area contributed by atoms with Gasteiger partial charge in [-0.2, -0.15) is 16.4 Å². The number of nitrogens with one attached hydrogen (secondary N) is 1. The quantitative estimate of drug-likeness (QED) is 0.641. The Labute approximate surface area is 85.2 Å². The first kappa shape index (κ1) is 7.76. The van der Waals surface area contributed by atoms with Crippen LogP contribution in [0.3, 0.4) is 0 Å². The number of hydrogen-bond donors (Lipinski definition) is 1. The van der Waals surface area contributed by atoms with Crippen molar-refractivity contribution in [3.63, 3.8) is 0 Å². The molecule has 14 heavy (non-hydrogen) atoms. The van der Waals surface area contributed by atoms with Crippen LogP contribution in [-0.2, 0) is 0 Å². The van der Waals surface area contributed by atoms with E-state index in [9.17, 15) is 0 Å². The first-order chi connectivity index (χ1) is 6.93. The first-order valence-corrected chi connectivity index (χ1v) is 5.33. The fraction of sp³-hybridized carbons (Fsp3) is 0. The number of fused-ring (bicyclic) bond motifs is 1. The van der Waals surface area contributed by atoms with E-state index in [1.165, 1.54) is 11.1 Å². The molecule has 3 rings (SSSR count). The monoisotopic (exact) mass is 200 g/mol. The Kier molecular flexibility index (Phi) is 1.64. The fourth-order valence-corrected chi connectivity index (χ4v) is 2.22. The maximum Gasteiger partial charge on any atom is 0.0650 e. The minimum absolute atomic E-state index is 1.09. The van der Waals surface area contributed by atoms with Crippen molar-refractivity contribution in [1.82, 2.24) is 10.2 Å². The highest BCUT2D eigenvalue weighted by atomic mass is 32.1. The van der Waals surface area contributed by atoms with Gasteiger partial charge >= 0.3 is 0 Å². The molecule has 2 nitrogen and oxygen atoms in total. The van der Waals surface area contributed by atoms with Crippen molar-refractivity contribution < 1.29 is 0 Å². The summed E-state index contributed by atoms with van der Waals surface area (Å²) in [5.41, 5.74) is 3.61. The molecular formula is C11H8N2S. The van der Waals surface area contributed by atoms with Gasteiger partial charge in [-0.05, 0) is 40.1 Å². The molecule has 1 aromatic carbocycles. The SMILES string of the molecule is c1cc(-c2ccc3[nH]ncc3c2)cs1. The minimum atomic E-state index is 1.09. The van der Waals surface area contributed by atoms with Gasteiger partial charge in [0.15, 0.2) is 0 Å². The van der Waals surface area contributed by atoms with E-state index in [4.69, 9.17) is 0 Å². The van der Waals surface area contributed by atoms with E-state index in [2.05, 4.69) is 45.2 Å². The van der Waals surface area contributed by atoms with Crippen LogP contribution in [0.2, 0.25) is 0 Å². The Balaban J connectivity index is 2.23. The molecule has 1 N–H and O–H groups in total. The van der Waals surface area contributed by atoms with Crippen molar-refractivity contribution in [3.05, 3.63) is 41.2 Å². The molecule has 2 aromatic heterocycles. The molecule has 68 valence electrons. The molecule has 3 aromatic rings. The van der Waals surface area contributed by atoms with Gasteiger partial charge in [-0.15, -0.1) is 0 Å². The predicted octanol–water partition coefficient (Wildman–Crippen LogP) is 3.29. The normalized spacial score (nSPS) is 10.9. The minimum Gasteiger partial charge on any atom is -0.278 e. The Morgan fingerprint density at radius 3 is 3.00 bits per heavy atom. The number of nitrogens with zero attached hydrogens (tertiary/aromatic N) is 1. The summed E-state index contributed by atoms with van der Waals surface area (Å²) in [6, 6.07) is 8.46. The van der Waals surface area contributed by atoms with Crippen molar-refractivity contribution in [3.8, 4) is 11.1 Å². The Bertz CT molecular complexity index is 551. The number of hydrogen-bond acceptors (Lipinski definition) is 2. The molecule has 0 aliphatic carbocycles. The molecule has 0 aliphatic heterocycles. The number of thiophene rings is 1. The van der Waals surface area contributed by atoms with E-state index in [-0.39, 0.29) is 0 Å². The molecule has 0 spiro atoms. The molecule has 0 aliphatic rings. The number of H-pyrrole nitrogens is 1. The molecule has 0 unspecified atom stereocenters. The zero-order chi connectivity index (χ0) is 9.38. The molecule has 0 bridgehead atoms. The summed E-state index contributed by atoms with van der Waals surface area (Å²) in [5, 5.41) is 12.4. The van der Waals surface area contributed by atoms with Crippen LogP contribution in [0.4, 0.5) is 0 Å². The van der Waals surface area contributed by atoms with E-state index >= 15 is 0 Å². The van der Waals surface area contributed by atoms with Gasteiger partial charge in [0, 0.05) is 5.39 Å². The molecule has 0 saturated carbocycles. The van der Waals surface area contributed by atoms with Crippen LogP contribution >= 0.6 is 11.3 Å². The predicted molar refractivity (Wildman–Crippen MR) is 59.4 cm³/mol. The van der Waals surface area contributed by atoms with Crippen molar-refractivity contribution in [2.45, 2.75) is 0 Å². The van der Waals surface area contributed by atoms with Gasteiger partial charge in [0.1, 0.15) is 0 Å². The lowest BCUT2D eigenvalue weighted by molar-refractivity contribution is 1.12. The Morgan fingerprint density at radius 2 is 2.14 bits per heavy atom. The average molecular weight is 200 g/mol. The lowest BCUT2D eigenvalue weighted by Crippen LogP contribution is -1.73. The van der Waals surface area contributed by atoms with Crippen LogP contribution < -0.4 is 0 Å². The highest BCUT2D eigenvalue weighted by Gasteiger charge is 2.00. The summed E-state index contributed by atoms with van der Waals surface area (Å²) in [5.74, 6) is 0. The maximum atomic E-state index is 4.00. The highest BCUT2D eigenvalue weighted by molar-refractivity contribution is 7.08. The number of rotatable bonds is 1.